The molecule has 12 heavy (non-hydrogen) atoms. The van der Waals surface area contributed by atoms with Crippen molar-refractivity contribution in [2.45, 2.75) is 31.7 Å². The van der Waals surface area contributed by atoms with Gasteiger partial charge in [0.1, 0.15) is 0 Å². The van der Waals surface area contributed by atoms with Gasteiger partial charge in [-0.3, -0.25) is 0 Å². The van der Waals surface area contributed by atoms with Gasteiger partial charge >= 0.3 is 0 Å². The van der Waals surface area contributed by atoms with Gasteiger partial charge in [-0.1, -0.05) is 6.92 Å². The van der Waals surface area contributed by atoms with Gasteiger partial charge in [0.15, 0.2) is 0 Å². The zero-order chi connectivity index (χ0) is 9.19. The van der Waals surface area contributed by atoms with Crippen LogP contribution in [-0.2, 0) is 0 Å². The van der Waals surface area contributed by atoms with Crippen molar-refractivity contribution in [1.82, 2.24) is 9.80 Å². The van der Waals surface area contributed by atoms with Gasteiger partial charge in [-0.05, 0) is 53.5 Å². The highest BCUT2D eigenvalue weighted by Crippen LogP contribution is 2.29. The van der Waals surface area contributed by atoms with Gasteiger partial charge in [0.25, 0.3) is 0 Å². The molecule has 0 radical (unpaired) electrons. The number of hydrogen-bond donors (Lipinski definition) is 0. The second kappa shape index (κ2) is 3.75. The van der Waals surface area contributed by atoms with Gasteiger partial charge < -0.3 is 9.80 Å². The predicted molar refractivity (Wildman–Crippen MR) is 53.4 cm³/mol. The average Bonchev–Trinajstić information content (AvgIpc) is 2.06. The molecule has 0 amide bonds. The molecule has 0 aliphatic carbocycles. The lowest BCUT2D eigenvalue weighted by molar-refractivity contribution is 0.0631. The van der Waals surface area contributed by atoms with E-state index in [1.165, 1.54) is 32.4 Å². The normalized spacial score (nSPS) is 24.8. The van der Waals surface area contributed by atoms with Crippen molar-refractivity contribution in [2.24, 2.45) is 0 Å². The Morgan fingerprint density at radius 3 is 2.08 bits per heavy atom. The van der Waals surface area contributed by atoms with Gasteiger partial charge in [0, 0.05) is 5.54 Å². The summed E-state index contributed by atoms with van der Waals surface area (Å²) in [5, 5.41) is 0. The maximum Gasteiger partial charge on any atom is 0.0225 e. The summed E-state index contributed by atoms with van der Waals surface area (Å²) in [6.07, 6.45) is 3.94. The molecule has 1 aliphatic heterocycles. The standard InChI is InChI=1S/C10H22N2/c1-5-10(11(2)3)6-8-12(4)9-7-10/h5-9H2,1-4H3. The van der Waals surface area contributed by atoms with Crippen molar-refractivity contribution in [3.8, 4) is 0 Å². The molecule has 0 aromatic heterocycles. The number of piperidine rings is 1. The minimum absolute atomic E-state index is 0.493. The Morgan fingerprint density at radius 2 is 1.75 bits per heavy atom. The fraction of sp³-hybridized carbons (Fsp3) is 1.00. The number of likely N-dealkylation sites (tertiary alicyclic amines) is 1. The minimum atomic E-state index is 0.493. The molecular weight excluding hydrogens is 148 g/mol. The number of rotatable bonds is 2. The lowest BCUT2D eigenvalue weighted by Gasteiger charge is -2.45. The van der Waals surface area contributed by atoms with Crippen LogP contribution >= 0.6 is 0 Å². The van der Waals surface area contributed by atoms with Crippen LogP contribution in [0.3, 0.4) is 0 Å². The molecule has 0 saturated carbocycles. The zero-order valence-electron chi connectivity index (χ0n) is 8.93. The second-order valence-electron chi connectivity index (χ2n) is 4.28. The maximum absolute atomic E-state index is 2.43. The van der Waals surface area contributed by atoms with E-state index in [1.54, 1.807) is 0 Å². The van der Waals surface area contributed by atoms with E-state index in [1.807, 2.05) is 0 Å². The molecule has 1 aliphatic rings. The van der Waals surface area contributed by atoms with Crippen LogP contribution in [0, 0.1) is 0 Å². The van der Waals surface area contributed by atoms with E-state index in [9.17, 15) is 0 Å². The van der Waals surface area contributed by atoms with Crippen LogP contribution in [0.15, 0.2) is 0 Å². The predicted octanol–water partition coefficient (Wildman–Crippen LogP) is 1.42. The van der Waals surface area contributed by atoms with E-state index in [2.05, 4.69) is 37.9 Å². The summed E-state index contributed by atoms with van der Waals surface area (Å²) >= 11 is 0. The van der Waals surface area contributed by atoms with E-state index in [0.717, 1.165) is 0 Å². The van der Waals surface area contributed by atoms with Crippen LogP contribution in [0.25, 0.3) is 0 Å². The molecule has 1 heterocycles. The first-order valence-electron chi connectivity index (χ1n) is 4.97. The molecule has 0 aromatic rings. The van der Waals surface area contributed by atoms with Crippen LogP contribution in [0.2, 0.25) is 0 Å². The van der Waals surface area contributed by atoms with Gasteiger partial charge in [-0.25, -0.2) is 0 Å². The highest BCUT2D eigenvalue weighted by Gasteiger charge is 2.33. The second-order valence-corrected chi connectivity index (χ2v) is 4.28. The fourth-order valence-electron chi connectivity index (χ4n) is 2.15. The summed E-state index contributed by atoms with van der Waals surface area (Å²) in [5.41, 5.74) is 0.493. The Hall–Kier alpha value is -0.0800. The summed E-state index contributed by atoms with van der Waals surface area (Å²) in [4.78, 5) is 4.84. The minimum Gasteiger partial charge on any atom is -0.306 e. The molecule has 1 fully saturated rings. The monoisotopic (exact) mass is 170 g/mol. The van der Waals surface area contributed by atoms with Crippen LogP contribution in [0.1, 0.15) is 26.2 Å². The first kappa shape index (κ1) is 10.0. The van der Waals surface area contributed by atoms with E-state index in [-0.39, 0.29) is 0 Å². The average molecular weight is 170 g/mol. The van der Waals surface area contributed by atoms with Crippen LogP contribution in [0.4, 0.5) is 0 Å². The quantitative estimate of drug-likeness (QED) is 0.618. The third-order valence-corrected chi connectivity index (χ3v) is 3.52. The Balaban J connectivity index is 2.57. The lowest BCUT2D eigenvalue weighted by atomic mass is 9.84. The largest absolute Gasteiger partial charge is 0.306 e. The molecule has 0 spiro atoms. The van der Waals surface area contributed by atoms with Crippen molar-refractivity contribution in [1.29, 1.82) is 0 Å². The number of nitrogens with zero attached hydrogens (tertiary/aromatic N) is 2. The van der Waals surface area contributed by atoms with Crippen molar-refractivity contribution >= 4 is 0 Å². The molecule has 0 bridgehead atoms. The molecule has 1 rings (SSSR count). The topological polar surface area (TPSA) is 6.48 Å². The van der Waals surface area contributed by atoms with Gasteiger partial charge in [-0.15, -0.1) is 0 Å². The lowest BCUT2D eigenvalue weighted by Crippen LogP contribution is -2.51. The van der Waals surface area contributed by atoms with E-state index in [0.29, 0.717) is 5.54 Å². The molecule has 0 aromatic carbocycles. The Kier molecular flexibility index (Phi) is 3.13. The summed E-state index contributed by atoms with van der Waals surface area (Å²) in [7, 11) is 6.65. The SMILES string of the molecule is CCC1(N(C)C)CCN(C)CC1. The molecule has 2 heteroatoms. The molecule has 2 nitrogen and oxygen atoms in total. The van der Waals surface area contributed by atoms with Crippen molar-refractivity contribution in [3.63, 3.8) is 0 Å². The molecule has 0 atom stereocenters. The van der Waals surface area contributed by atoms with Crippen molar-refractivity contribution in [3.05, 3.63) is 0 Å². The third kappa shape index (κ3) is 1.80. The van der Waals surface area contributed by atoms with Crippen LogP contribution in [0.5, 0.6) is 0 Å². The Labute approximate surface area is 76.5 Å². The summed E-state index contributed by atoms with van der Waals surface area (Å²) < 4.78 is 0. The highest BCUT2D eigenvalue weighted by molar-refractivity contribution is 4.91. The van der Waals surface area contributed by atoms with Gasteiger partial charge in [0.2, 0.25) is 0 Å². The highest BCUT2D eigenvalue weighted by atomic mass is 15.2. The van der Waals surface area contributed by atoms with E-state index < -0.39 is 0 Å². The summed E-state index contributed by atoms with van der Waals surface area (Å²) in [6.45, 7) is 4.82. The van der Waals surface area contributed by atoms with Gasteiger partial charge in [0.05, 0.1) is 0 Å². The smallest absolute Gasteiger partial charge is 0.0225 e. The van der Waals surface area contributed by atoms with Crippen molar-refractivity contribution < 1.29 is 0 Å². The molecule has 0 unspecified atom stereocenters. The molecular formula is C10H22N2. The van der Waals surface area contributed by atoms with E-state index in [4.69, 9.17) is 0 Å². The zero-order valence-corrected chi connectivity index (χ0v) is 8.93. The molecule has 1 saturated heterocycles. The molecule has 72 valence electrons. The van der Waals surface area contributed by atoms with Gasteiger partial charge in [-0.2, -0.15) is 0 Å². The van der Waals surface area contributed by atoms with Crippen LogP contribution in [-0.4, -0.2) is 49.6 Å². The summed E-state index contributed by atoms with van der Waals surface area (Å²) in [5.74, 6) is 0. The number of hydrogen-bond acceptors (Lipinski definition) is 2. The fourth-order valence-corrected chi connectivity index (χ4v) is 2.15. The van der Waals surface area contributed by atoms with Crippen molar-refractivity contribution in [2.75, 3.05) is 34.2 Å². The maximum atomic E-state index is 2.43. The molecule has 0 N–H and O–H groups in total. The van der Waals surface area contributed by atoms with E-state index >= 15 is 0 Å². The summed E-state index contributed by atoms with van der Waals surface area (Å²) in [6, 6.07) is 0. The Bertz CT molecular complexity index is 135. The first-order chi connectivity index (χ1) is 5.60. The third-order valence-electron chi connectivity index (χ3n) is 3.52. The Morgan fingerprint density at radius 1 is 1.25 bits per heavy atom. The first-order valence-corrected chi connectivity index (χ1v) is 4.97. The van der Waals surface area contributed by atoms with Crippen LogP contribution < -0.4 is 0 Å².